The number of rotatable bonds is 8. The van der Waals surface area contributed by atoms with Crippen LogP contribution in [0.1, 0.15) is 11.1 Å². The fraction of sp³-hybridized carbons (Fsp3) is 0.160. The van der Waals surface area contributed by atoms with E-state index in [0.717, 1.165) is 11.1 Å². The number of hydrogen-bond acceptors (Lipinski definition) is 5. The maximum Gasteiger partial charge on any atom is 0.323 e. The van der Waals surface area contributed by atoms with Crippen LogP contribution in [0.25, 0.3) is 12.2 Å². The fourth-order valence-corrected chi connectivity index (χ4v) is 3.13. The van der Waals surface area contributed by atoms with Gasteiger partial charge in [0.2, 0.25) is 5.75 Å². The minimum Gasteiger partial charge on any atom is -0.495 e. The van der Waals surface area contributed by atoms with Crippen molar-refractivity contribution in [2.24, 2.45) is 0 Å². The summed E-state index contributed by atoms with van der Waals surface area (Å²) in [6, 6.07) is 14.1. The van der Waals surface area contributed by atoms with Gasteiger partial charge in [0.05, 0.1) is 34.1 Å². The van der Waals surface area contributed by atoms with Crippen LogP contribution >= 0.6 is 0 Å². The highest BCUT2D eigenvalue weighted by molar-refractivity contribution is 6.01. The van der Waals surface area contributed by atoms with E-state index in [-0.39, 0.29) is 5.82 Å². The van der Waals surface area contributed by atoms with E-state index in [1.54, 1.807) is 33.5 Å². The zero-order chi connectivity index (χ0) is 23.8. The lowest BCUT2D eigenvalue weighted by Gasteiger charge is -2.13. The first-order chi connectivity index (χ1) is 16.0. The molecule has 172 valence electrons. The van der Waals surface area contributed by atoms with Crippen molar-refractivity contribution in [3.8, 4) is 23.0 Å². The van der Waals surface area contributed by atoms with E-state index in [4.69, 9.17) is 18.9 Å². The van der Waals surface area contributed by atoms with Gasteiger partial charge < -0.3 is 29.6 Å². The number of urea groups is 1. The topological polar surface area (TPSA) is 78.1 Å². The Hall–Kier alpha value is -4.20. The standard InChI is InChI=1S/C25H25FN2O5/c1-30-21-12-7-16(5-6-17-14-22(31-2)24(33-4)23(15-17)32-3)13-20(21)28-25(29)27-19-10-8-18(26)9-11-19/h5-15H,1-4H3,(H2,27,28,29)/b6-5-. The van der Waals surface area contributed by atoms with Gasteiger partial charge in [0.25, 0.3) is 0 Å². The van der Waals surface area contributed by atoms with E-state index in [1.807, 2.05) is 30.4 Å². The Labute approximate surface area is 191 Å². The summed E-state index contributed by atoms with van der Waals surface area (Å²) in [7, 11) is 6.18. The Balaban J connectivity index is 1.81. The van der Waals surface area contributed by atoms with Crippen LogP contribution in [0.15, 0.2) is 54.6 Å². The summed E-state index contributed by atoms with van der Waals surface area (Å²) in [6.07, 6.45) is 3.76. The number of benzene rings is 3. The second-order valence-corrected chi connectivity index (χ2v) is 6.84. The van der Waals surface area contributed by atoms with Crippen molar-refractivity contribution < 1.29 is 28.1 Å². The first-order valence-electron chi connectivity index (χ1n) is 9.97. The van der Waals surface area contributed by atoms with Crippen LogP contribution in [0.2, 0.25) is 0 Å². The molecule has 3 rings (SSSR count). The summed E-state index contributed by atoms with van der Waals surface area (Å²) in [5, 5.41) is 5.41. The molecule has 7 nitrogen and oxygen atoms in total. The lowest BCUT2D eigenvalue weighted by Crippen LogP contribution is -2.19. The van der Waals surface area contributed by atoms with Gasteiger partial charge in [0.1, 0.15) is 11.6 Å². The lowest BCUT2D eigenvalue weighted by atomic mass is 10.1. The van der Waals surface area contributed by atoms with Gasteiger partial charge in [-0.1, -0.05) is 18.2 Å². The predicted octanol–water partition coefficient (Wildman–Crippen LogP) is 5.67. The number of ether oxygens (including phenoxy) is 4. The van der Waals surface area contributed by atoms with Crippen molar-refractivity contribution in [1.29, 1.82) is 0 Å². The number of methoxy groups -OCH3 is 4. The van der Waals surface area contributed by atoms with Gasteiger partial charge >= 0.3 is 6.03 Å². The predicted molar refractivity (Wildman–Crippen MR) is 127 cm³/mol. The van der Waals surface area contributed by atoms with Crippen LogP contribution in [0.4, 0.5) is 20.6 Å². The number of anilines is 2. The average molecular weight is 452 g/mol. The van der Waals surface area contributed by atoms with Crippen molar-refractivity contribution in [2.45, 2.75) is 0 Å². The molecule has 0 aliphatic rings. The summed E-state index contributed by atoms with van der Waals surface area (Å²) in [4.78, 5) is 12.4. The quantitative estimate of drug-likeness (QED) is 0.430. The van der Waals surface area contributed by atoms with Crippen LogP contribution in [-0.2, 0) is 0 Å². The SMILES string of the molecule is COc1ccc(/C=C\c2cc(OC)c(OC)c(OC)c2)cc1NC(=O)Nc1ccc(F)cc1. The maximum absolute atomic E-state index is 13.1. The molecule has 0 radical (unpaired) electrons. The first-order valence-corrected chi connectivity index (χ1v) is 9.97. The molecule has 33 heavy (non-hydrogen) atoms. The van der Waals surface area contributed by atoms with Gasteiger partial charge in [-0.2, -0.15) is 0 Å². The maximum atomic E-state index is 13.1. The van der Waals surface area contributed by atoms with Gasteiger partial charge in [-0.3, -0.25) is 0 Å². The molecule has 0 atom stereocenters. The van der Waals surface area contributed by atoms with Gasteiger partial charge in [-0.25, -0.2) is 9.18 Å². The molecule has 0 aromatic heterocycles. The Morgan fingerprint density at radius 2 is 1.33 bits per heavy atom. The molecular formula is C25H25FN2O5. The molecule has 2 amide bonds. The Bertz CT molecular complexity index is 1120. The van der Waals surface area contributed by atoms with Crippen molar-refractivity contribution in [1.82, 2.24) is 0 Å². The molecule has 2 N–H and O–H groups in total. The molecule has 3 aromatic carbocycles. The van der Waals surface area contributed by atoms with Crippen LogP contribution in [0, 0.1) is 5.82 Å². The number of halogens is 1. The smallest absolute Gasteiger partial charge is 0.323 e. The van der Waals surface area contributed by atoms with E-state index >= 15 is 0 Å². The molecule has 0 fully saturated rings. The van der Waals surface area contributed by atoms with Gasteiger partial charge in [-0.05, 0) is 59.7 Å². The highest BCUT2D eigenvalue weighted by Crippen LogP contribution is 2.38. The Morgan fingerprint density at radius 3 is 1.91 bits per heavy atom. The number of carbonyl (C=O) groups excluding carboxylic acids is 1. The van der Waals surface area contributed by atoms with Crippen molar-refractivity contribution >= 4 is 29.6 Å². The van der Waals surface area contributed by atoms with Crippen LogP contribution in [0.5, 0.6) is 23.0 Å². The van der Waals surface area contributed by atoms with Crippen molar-refractivity contribution in [2.75, 3.05) is 39.1 Å². The Kier molecular flexibility index (Phi) is 7.75. The molecule has 0 saturated carbocycles. The lowest BCUT2D eigenvalue weighted by molar-refractivity contribution is 0.262. The molecule has 0 aliphatic heterocycles. The zero-order valence-electron chi connectivity index (χ0n) is 18.8. The summed E-state index contributed by atoms with van der Waals surface area (Å²) >= 11 is 0. The molecule has 0 unspecified atom stereocenters. The zero-order valence-corrected chi connectivity index (χ0v) is 18.8. The highest BCUT2D eigenvalue weighted by atomic mass is 19.1. The van der Waals surface area contributed by atoms with Crippen molar-refractivity contribution in [3.63, 3.8) is 0 Å². The number of hydrogen-bond donors (Lipinski definition) is 2. The first kappa shape index (κ1) is 23.5. The number of carbonyl (C=O) groups is 1. The minimum atomic E-state index is -0.481. The fourth-order valence-electron chi connectivity index (χ4n) is 3.13. The third-order valence-corrected chi connectivity index (χ3v) is 4.73. The van der Waals surface area contributed by atoms with E-state index in [0.29, 0.717) is 34.4 Å². The molecule has 8 heteroatoms. The molecule has 0 bridgehead atoms. The second kappa shape index (κ2) is 10.9. The van der Waals surface area contributed by atoms with E-state index < -0.39 is 6.03 Å². The monoisotopic (exact) mass is 452 g/mol. The van der Waals surface area contributed by atoms with Crippen LogP contribution in [-0.4, -0.2) is 34.5 Å². The largest absolute Gasteiger partial charge is 0.495 e. The van der Waals surface area contributed by atoms with Crippen LogP contribution < -0.4 is 29.6 Å². The summed E-state index contributed by atoms with van der Waals surface area (Å²) in [6.45, 7) is 0. The normalized spacial score (nSPS) is 10.6. The summed E-state index contributed by atoms with van der Waals surface area (Å²) in [5.41, 5.74) is 2.60. The van der Waals surface area contributed by atoms with Gasteiger partial charge in [0, 0.05) is 5.69 Å². The molecule has 0 saturated heterocycles. The summed E-state index contributed by atoms with van der Waals surface area (Å²) < 4.78 is 34.5. The van der Waals surface area contributed by atoms with Gasteiger partial charge in [0.15, 0.2) is 11.5 Å². The van der Waals surface area contributed by atoms with Gasteiger partial charge in [-0.15, -0.1) is 0 Å². The van der Waals surface area contributed by atoms with Crippen LogP contribution in [0.3, 0.4) is 0 Å². The molecule has 3 aromatic rings. The van der Waals surface area contributed by atoms with E-state index in [1.165, 1.54) is 31.4 Å². The average Bonchev–Trinajstić information content (AvgIpc) is 2.83. The van der Waals surface area contributed by atoms with E-state index in [9.17, 15) is 9.18 Å². The molecular weight excluding hydrogens is 427 g/mol. The third-order valence-electron chi connectivity index (χ3n) is 4.73. The number of nitrogens with one attached hydrogen (secondary N) is 2. The second-order valence-electron chi connectivity index (χ2n) is 6.84. The molecule has 0 spiro atoms. The van der Waals surface area contributed by atoms with E-state index in [2.05, 4.69) is 10.6 Å². The molecule has 0 aliphatic carbocycles. The summed E-state index contributed by atoms with van der Waals surface area (Å²) in [5.74, 6) is 1.72. The number of amides is 2. The molecule has 0 heterocycles. The minimum absolute atomic E-state index is 0.380. The third kappa shape index (κ3) is 5.94. The highest BCUT2D eigenvalue weighted by Gasteiger charge is 2.12. The van der Waals surface area contributed by atoms with Crippen molar-refractivity contribution in [3.05, 3.63) is 71.5 Å². The Morgan fingerprint density at radius 1 is 0.727 bits per heavy atom.